The van der Waals surface area contributed by atoms with Crippen molar-refractivity contribution >= 4 is 0 Å². The van der Waals surface area contributed by atoms with Crippen molar-refractivity contribution in [1.82, 2.24) is 0 Å². The maximum absolute atomic E-state index is 10.3. The summed E-state index contributed by atoms with van der Waals surface area (Å²) in [5.41, 5.74) is -0.490. The minimum absolute atomic E-state index is 0.0561. The molecule has 1 N–H and O–H groups in total. The van der Waals surface area contributed by atoms with Crippen LogP contribution in [0.2, 0.25) is 0 Å². The number of rotatable bonds is 1. The van der Waals surface area contributed by atoms with Gasteiger partial charge >= 0.3 is 0 Å². The molecule has 0 radical (unpaired) electrons. The van der Waals surface area contributed by atoms with Gasteiger partial charge in [-0.15, -0.1) is 0 Å². The van der Waals surface area contributed by atoms with E-state index in [1.165, 1.54) is 25.7 Å². The summed E-state index contributed by atoms with van der Waals surface area (Å²) in [6.45, 7) is 2.75. The van der Waals surface area contributed by atoms with Gasteiger partial charge in [0, 0.05) is 13.0 Å². The maximum atomic E-state index is 10.3. The molecule has 2 rings (SSSR count). The van der Waals surface area contributed by atoms with Crippen LogP contribution in [0.4, 0.5) is 0 Å². The second-order valence-electron chi connectivity index (χ2n) is 4.24. The lowest BCUT2D eigenvalue weighted by atomic mass is 9.81. The van der Waals surface area contributed by atoms with E-state index in [9.17, 15) is 5.11 Å². The van der Waals surface area contributed by atoms with Crippen LogP contribution in [0.5, 0.6) is 0 Å². The van der Waals surface area contributed by atoms with Crippen LogP contribution in [0, 0.1) is 5.92 Å². The summed E-state index contributed by atoms with van der Waals surface area (Å²) in [6.07, 6.45) is 5.88. The van der Waals surface area contributed by atoms with Crippen molar-refractivity contribution < 1.29 is 9.84 Å². The standard InChI is InChI=1S/C10H18O2/c1-8-10(11,6-7-12-8)9-4-2-3-5-9/h8-9,11H,2-7H2,1H3. The smallest absolute Gasteiger partial charge is 0.0955 e. The summed E-state index contributed by atoms with van der Waals surface area (Å²) >= 11 is 0. The summed E-state index contributed by atoms with van der Waals surface area (Å²) in [5.74, 6) is 0.509. The Balaban J connectivity index is 2.07. The van der Waals surface area contributed by atoms with Gasteiger partial charge in [-0.05, 0) is 25.7 Å². The van der Waals surface area contributed by atoms with Crippen LogP contribution in [0.1, 0.15) is 39.0 Å². The van der Waals surface area contributed by atoms with Gasteiger partial charge < -0.3 is 9.84 Å². The molecule has 0 spiro atoms. The number of hydrogen-bond acceptors (Lipinski definition) is 2. The Morgan fingerprint density at radius 1 is 1.33 bits per heavy atom. The van der Waals surface area contributed by atoms with Crippen molar-refractivity contribution in [2.75, 3.05) is 6.61 Å². The van der Waals surface area contributed by atoms with E-state index in [1.807, 2.05) is 6.92 Å². The van der Waals surface area contributed by atoms with Gasteiger partial charge in [-0.1, -0.05) is 12.8 Å². The third kappa shape index (κ3) is 1.17. The molecule has 2 nitrogen and oxygen atoms in total. The molecule has 1 aliphatic carbocycles. The number of ether oxygens (including phenoxy) is 1. The topological polar surface area (TPSA) is 29.5 Å². The van der Waals surface area contributed by atoms with E-state index in [1.54, 1.807) is 0 Å². The molecule has 0 aromatic rings. The molecule has 0 aromatic heterocycles. The highest BCUT2D eigenvalue weighted by molar-refractivity contribution is 4.96. The van der Waals surface area contributed by atoms with E-state index in [0.29, 0.717) is 5.92 Å². The van der Waals surface area contributed by atoms with Gasteiger partial charge in [-0.2, -0.15) is 0 Å². The largest absolute Gasteiger partial charge is 0.387 e. The quantitative estimate of drug-likeness (QED) is 0.649. The molecule has 0 amide bonds. The van der Waals surface area contributed by atoms with Crippen molar-refractivity contribution in [1.29, 1.82) is 0 Å². The first-order valence-corrected chi connectivity index (χ1v) is 5.07. The molecule has 1 heterocycles. The fourth-order valence-corrected chi connectivity index (χ4v) is 2.71. The second kappa shape index (κ2) is 3.00. The molecule has 0 bridgehead atoms. The van der Waals surface area contributed by atoms with Crippen LogP contribution in [0.25, 0.3) is 0 Å². The average Bonchev–Trinajstić information content (AvgIpc) is 2.62. The lowest BCUT2D eigenvalue weighted by molar-refractivity contribution is -0.0674. The van der Waals surface area contributed by atoms with Gasteiger partial charge in [0.2, 0.25) is 0 Å². The molecule has 0 aromatic carbocycles. The van der Waals surface area contributed by atoms with Crippen LogP contribution >= 0.6 is 0 Å². The Labute approximate surface area is 73.9 Å². The Morgan fingerprint density at radius 3 is 2.50 bits per heavy atom. The van der Waals surface area contributed by atoms with Crippen molar-refractivity contribution in [2.24, 2.45) is 5.92 Å². The first-order chi connectivity index (χ1) is 5.73. The fraction of sp³-hybridized carbons (Fsp3) is 1.00. The molecule has 1 aliphatic heterocycles. The molecular formula is C10H18O2. The maximum Gasteiger partial charge on any atom is 0.0955 e. The predicted octanol–water partition coefficient (Wildman–Crippen LogP) is 1.72. The summed E-state index contributed by atoms with van der Waals surface area (Å²) < 4.78 is 5.43. The third-order valence-corrected chi connectivity index (χ3v) is 3.64. The van der Waals surface area contributed by atoms with Crippen LogP contribution < -0.4 is 0 Å². The van der Waals surface area contributed by atoms with Crippen molar-refractivity contribution in [3.8, 4) is 0 Å². The molecule has 2 unspecified atom stereocenters. The average molecular weight is 170 g/mol. The Morgan fingerprint density at radius 2 is 2.00 bits per heavy atom. The van der Waals surface area contributed by atoms with Crippen molar-refractivity contribution in [3.63, 3.8) is 0 Å². The minimum Gasteiger partial charge on any atom is -0.387 e. The zero-order valence-corrected chi connectivity index (χ0v) is 7.75. The second-order valence-corrected chi connectivity index (χ2v) is 4.24. The van der Waals surface area contributed by atoms with E-state index < -0.39 is 5.60 Å². The summed E-state index contributed by atoms with van der Waals surface area (Å²) in [7, 11) is 0. The molecular weight excluding hydrogens is 152 g/mol. The summed E-state index contributed by atoms with van der Waals surface area (Å²) in [5, 5.41) is 10.3. The van der Waals surface area contributed by atoms with E-state index in [-0.39, 0.29) is 6.10 Å². The van der Waals surface area contributed by atoms with E-state index in [2.05, 4.69) is 0 Å². The highest BCUT2D eigenvalue weighted by Crippen LogP contribution is 2.41. The minimum atomic E-state index is -0.490. The Bertz CT molecular complexity index is 163. The molecule has 1 saturated heterocycles. The van der Waals surface area contributed by atoms with Gasteiger partial charge in [-0.25, -0.2) is 0 Å². The summed E-state index contributed by atoms with van der Waals surface area (Å²) in [6, 6.07) is 0. The molecule has 2 atom stereocenters. The monoisotopic (exact) mass is 170 g/mol. The molecule has 70 valence electrons. The van der Waals surface area contributed by atoms with Crippen molar-refractivity contribution in [2.45, 2.75) is 50.7 Å². The molecule has 1 saturated carbocycles. The van der Waals surface area contributed by atoms with Crippen LogP contribution in [-0.4, -0.2) is 23.4 Å². The van der Waals surface area contributed by atoms with Crippen LogP contribution in [-0.2, 0) is 4.74 Å². The van der Waals surface area contributed by atoms with E-state index >= 15 is 0 Å². The number of aliphatic hydroxyl groups is 1. The fourth-order valence-electron chi connectivity index (χ4n) is 2.71. The van der Waals surface area contributed by atoms with Crippen molar-refractivity contribution in [3.05, 3.63) is 0 Å². The molecule has 12 heavy (non-hydrogen) atoms. The SMILES string of the molecule is CC1OCCC1(O)C1CCCC1. The predicted molar refractivity (Wildman–Crippen MR) is 46.9 cm³/mol. The summed E-state index contributed by atoms with van der Waals surface area (Å²) in [4.78, 5) is 0. The first-order valence-electron chi connectivity index (χ1n) is 5.07. The zero-order valence-electron chi connectivity index (χ0n) is 7.75. The first kappa shape index (κ1) is 8.52. The lowest BCUT2D eigenvalue weighted by Crippen LogP contribution is -2.42. The van der Waals surface area contributed by atoms with E-state index in [4.69, 9.17) is 4.74 Å². The van der Waals surface area contributed by atoms with Crippen LogP contribution in [0.3, 0.4) is 0 Å². The third-order valence-electron chi connectivity index (χ3n) is 3.64. The molecule has 2 aliphatic rings. The van der Waals surface area contributed by atoms with Gasteiger partial charge in [0.25, 0.3) is 0 Å². The Hall–Kier alpha value is -0.0800. The van der Waals surface area contributed by atoms with Crippen LogP contribution in [0.15, 0.2) is 0 Å². The lowest BCUT2D eigenvalue weighted by Gasteiger charge is -2.32. The van der Waals surface area contributed by atoms with E-state index in [0.717, 1.165) is 13.0 Å². The highest BCUT2D eigenvalue weighted by atomic mass is 16.5. The zero-order chi connectivity index (χ0) is 8.60. The normalized spacial score (nSPS) is 44.0. The molecule has 2 heteroatoms. The van der Waals surface area contributed by atoms with Gasteiger partial charge in [0.1, 0.15) is 0 Å². The number of hydrogen-bond donors (Lipinski definition) is 1. The Kier molecular flexibility index (Phi) is 2.13. The van der Waals surface area contributed by atoms with Gasteiger partial charge in [0.15, 0.2) is 0 Å². The molecule has 2 fully saturated rings. The van der Waals surface area contributed by atoms with Gasteiger partial charge in [-0.3, -0.25) is 0 Å². The van der Waals surface area contributed by atoms with Gasteiger partial charge in [0.05, 0.1) is 11.7 Å². The highest BCUT2D eigenvalue weighted by Gasteiger charge is 2.46.